The first-order valence-corrected chi connectivity index (χ1v) is 9.56. The number of thiol groups is 1. The highest BCUT2D eigenvalue weighted by atomic mass is 32.1. The lowest BCUT2D eigenvalue weighted by Gasteiger charge is -2.29. The van der Waals surface area contributed by atoms with Crippen molar-refractivity contribution in [1.82, 2.24) is 15.1 Å². The molecule has 152 valence electrons. The van der Waals surface area contributed by atoms with Crippen molar-refractivity contribution >= 4 is 36.3 Å². The number of aliphatic hydroxyl groups excluding tert-OH is 1. The van der Waals surface area contributed by atoms with E-state index in [-0.39, 0.29) is 5.75 Å². The van der Waals surface area contributed by atoms with Crippen LogP contribution in [0.1, 0.15) is 25.7 Å². The summed E-state index contributed by atoms with van der Waals surface area (Å²) in [6.07, 6.45) is 1.98. The second-order valence-electron chi connectivity index (χ2n) is 6.75. The maximum atomic E-state index is 12.7. The third-order valence-corrected chi connectivity index (χ3v) is 5.34. The number of aliphatic carboxylic acids is 1. The van der Waals surface area contributed by atoms with E-state index in [9.17, 15) is 24.3 Å². The van der Waals surface area contributed by atoms with Gasteiger partial charge in [0.2, 0.25) is 17.7 Å². The quantitative estimate of drug-likeness (QED) is 0.303. The van der Waals surface area contributed by atoms with Gasteiger partial charge in [0.15, 0.2) is 0 Å². The van der Waals surface area contributed by atoms with Gasteiger partial charge in [-0.05, 0) is 25.7 Å². The van der Waals surface area contributed by atoms with Crippen LogP contribution in [-0.4, -0.2) is 93.3 Å². The van der Waals surface area contributed by atoms with E-state index >= 15 is 0 Å². The summed E-state index contributed by atoms with van der Waals surface area (Å²) in [5, 5.41) is 20.9. The fraction of sp³-hybridized carbons (Fsp3) is 0.750. The van der Waals surface area contributed by atoms with Crippen molar-refractivity contribution in [2.24, 2.45) is 5.73 Å². The van der Waals surface area contributed by atoms with Crippen molar-refractivity contribution in [2.45, 2.75) is 49.9 Å². The van der Waals surface area contributed by atoms with Gasteiger partial charge in [0, 0.05) is 18.8 Å². The van der Waals surface area contributed by atoms with E-state index in [0.29, 0.717) is 38.8 Å². The number of hydrogen-bond acceptors (Lipinski definition) is 7. The van der Waals surface area contributed by atoms with Crippen LogP contribution in [0.3, 0.4) is 0 Å². The molecule has 2 saturated heterocycles. The highest BCUT2D eigenvalue weighted by Gasteiger charge is 2.40. The minimum atomic E-state index is -1.10. The lowest BCUT2D eigenvalue weighted by molar-refractivity contribution is -0.149. The Hall–Kier alpha value is -1.85. The molecule has 0 aromatic rings. The molecule has 2 fully saturated rings. The van der Waals surface area contributed by atoms with Gasteiger partial charge in [-0.25, -0.2) is 4.79 Å². The fourth-order valence-corrected chi connectivity index (χ4v) is 3.78. The summed E-state index contributed by atoms with van der Waals surface area (Å²) in [5.41, 5.74) is 5.56. The number of rotatable bonds is 7. The number of amides is 3. The topological polar surface area (TPSA) is 153 Å². The number of carboxylic acid groups (broad SMARTS) is 1. The molecule has 3 amide bonds. The summed E-state index contributed by atoms with van der Waals surface area (Å²) >= 11 is 4.11. The second-order valence-corrected chi connectivity index (χ2v) is 7.12. The molecule has 0 radical (unpaired) electrons. The number of aliphatic hydroxyl groups is 1. The number of likely N-dealkylation sites (tertiary alicyclic amines) is 2. The molecule has 4 atom stereocenters. The Balaban J connectivity index is 2.04. The molecule has 2 heterocycles. The van der Waals surface area contributed by atoms with Gasteiger partial charge in [-0.15, -0.1) is 0 Å². The van der Waals surface area contributed by atoms with Crippen molar-refractivity contribution < 1.29 is 29.4 Å². The lowest BCUT2D eigenvalue weighted by atomic mass is 10.1. The summed E-state index contributed by atoms with van der Waals surface area (Å²) in [4.78, 5) is 51.4. The summed E-state index contributed by atoms with van der Waals surface area (Å²) in [5.74, 6) is -2.59. The summed E-state index contributed by atoms with van der Waals surface area (Å²) in [6.45, 7) is 0.139. The predicted octanol–water partition coefficient (Wildman–Crippen LogP) is -2.21. The van der Waals surface area contributed by atoms with Crippen LogP contribution in [0, 0.1) is 0 Å². The molecule has 0 spiro atoms. The number of carbonyl (C=O) groups is 4. The monoisotopic (exact) mass is 402 g/mol. The molecule has 0 saturated carbocycles. The number of nitrogens with zero attached hydrogens (tertiary/aromatic N) is 2. The van der Waals surface area contributed by atoms with E-state index in [1.807, 2.05) is 0 Å². The van der Waals surface area contributed by atoms with Gasteiger partial charge in [-0.2, -0.15) is 12.6 Å². The van der Waals surface area contributed by atoms with Crippen LogP contribution in [0.25, 0.3) is 0 Å². The van der Waals surface area contributed by atoms with Crippen molar-refractivity contribution in [3.63, 3.8) is 0 Å². The molecule has 2 rings (SSSR count). The Labute approximate surface area is 162 Å². The molecule has 0 aliphatic carbocycles. The van der Waals surface area contributed by atoms with Crippen LogP contribution < -0.4 is 11.1 Å². The van der Waals surface area contributed by atoms with E-state index in [4.69, 9.17) is 10.8 Å². The second kappa shape index (κ2) is 9.38. The van der Waals surface area contributed by atoms with E-state index in [1.54, 1.807) is 0 Å². The van der Waals surface area contributed by atoms with Gasteiger partial charge in [0.05, 0.1) is 6.61 Å². The minimum absolute atomic E-state index is 0.00420. The highest BCUT2D eigenvalue weighted by Crippen LogP contribution is 2.21. The number of hydrogen-bond donors (Lipinski definition) is 5. The Morgan fingerprint density at radius 3 is 2.15 bits per heavy atom. The standard InChI is InChI=1S/C16H26N4O6S/c17-9(7-21)14(23)19-5-1-3-11(19)13(22)18-10(8-27)15(24)20-6-2-4-12(20)16(25)26/h9-12,21,27H,1-8,17H2,(H,18,22)(H,25,26). The zero-order valence-corrected chi connectivity index (χ0v) is 15.8. The fourth-order valence-electron chi connectivity index (χ4n) is 3.53. The first-order chi connectivity index (χ1) is 12.8. The maximum Gasteiger partial charge on any atom is 0.326 e. The summed E-state index contributed by atoms with van der Waals surface area (Å²) in [7, 11) is 0. The van der Waals surface area contributed by atoms with Gasteiger partial charge < -0.3 is 31.1 Å². The predicted molar refractivity (Wildman–Crippen MR) is 98.0 cm³/mol. The Kier molecular flexibility index (Phi) is 7.45. The Bertz CT molecular complexity index is 603. The smallest absolute Gasteiger partial charge is 0.326 e. The van der Waals surface area contributed by atoms with Crippen molar-refractivity contribution in [2.75, 3.05) is 25.4 Å². The summed E-state index contributed by atoms with van der Waals surface area (Å²) in [6, 6.07) is -3.76. The van der Waals surface area contributed by atoms with Crippen molar-refractivity contribution in [3.05, 3.63) is 0 Å². The maximum absolute atomic E-state index is 12.7. The van der Waals surface area contributed by atoms with Gasteiger partial charge in [-0.3, -0.25) is 14.4 Å². The number of carbonyl (C=O) groups excluding carboxylic acids is 3. The molecule has 4 unspecified atom stereocenters. The molecule has 10 nitrogen and oxygen atoms in total. The largest absolute Gasteiger partial charge is 0.480 e. The molecule has 2 aliphatic heterocycles. The Morgan fingerprint density at radius 2 is 1.63 bits per heavy atom. The SMILES string of the molecule is NC(CO)C(=O)N1CCCC1C(=O)NC(CS)C(=O)N1CCCC1C(=O)O. The third-order valence-electron chi connectivity index (χ3n) is 4.97. The van der Waals surface area contributed by atoms with Crippen LogP contribution in [0.5, 0.6) is 0 Å². The van der Waals surface area contributed by atoms with Crippen LogP contribution in [-0.2, 0) is 19.2 Å². The molecule has 11 heteroatoms. The molecule has 27 heavy (non-hydrogen) atoms. The van der Waals surface area contributed by atoms with Crippen LogP contribution in [0.15, 0.2) is 0 Å². The third kappa shape index (κ3) is 4.71. The van der Waals surface area contributed by atoms with Crippen molar-refractivity contribution in [1.29, 1.82) is 0 Å². The number of nitrogens with one attached hydrogen (secondary N) is 1. The average Bonchev–Trinajstić information content (AvgIpc) is 3.33. The minimum Gasteiger partial charge on any atom is -0.480 e. The summed E-state index contributed by atoms with van der Waals surface area (Å²) < 4.78 is 0. The number of nitrogens with two attached hydrogens (primary N) is 1. The van der Waals surface area contributed by atoms with Gasteiger partial charge in [-0.1, -0.05) is 0 Å². The molecular weight excluding hydrogens is 376 g/mol. The first kappa shape index (κ1) is 21.5. The van der Waals surface area contributed by atoms with Crippen molar-refractivity contribution in [3.8, 4) is 0 Å². The highest BCUT2D eigenvalue weighted by molar-refractivity contribution is 7.80. The molecule has 2 aliphatic rings. The normalized spacial score (nSPS) is 24.6. The molecular formula is C16H26N4O6S. The van der Waals surface area contributed by atoms with E-state index < -0.39 is 54.5 Å². The molecule has 0 bridgehead atoms. The molecule has 0 aromatic carbocycles. The average molecular weight is 402 g/mol. The first-order valence-electron chi connectivity index (χ1n) is 8.93. The van der Waals surface area contributed by atoms with E-state index in [2.05, 4.69) is 17.9 Å². The Morgan fingerprint density at radius 1 is 1.07 bits per heavy atom. The van der Waals surface area contributed by atoms with E-state index in [1.165, 1.54) is 9.80 Å². The molecule has 0 aromatic heterocycles. The zero-order valence-electron chi connectivity index (χ0n) is 14.9. The van der Waals surface area contributed by atoms with Crippen LogP contribution in [0.4, 0.5) is 0 Å². The zero-order chi connectivity index (χ0) is 20.1. The van der Waals surface area contributed by atoms with Crippen LogP contribution in [0.2, 0.25) is 0 Å². The lowest BCUT2D eigenvalue weighted by Crippen LogP contribution is -2.57. The van der Waals surface area contributed by atoms with Gasteiger partial charge >= 0.3 is 5.97 Å². The van der Waals surface area contributed by atoms with Gasteiger partial charge in [0.1, 0.15) is 24.2 Å². The number of carboxylic acids is 1. The molecule has 5 N–H and O–H groups in total. The van der Waals surface area contributed by atoms with E-state index in [0.717, 1.165) is 0 Å². The van der Waals surface area contributed by atoms with Gasteiger partial charge in [0.25, 0.3) is 0 Å². The van der Waals surface area contributed by atoms with Crippen LogP contribution >= 0.6 is 12.6 Å².